The lowest BCUT2D eigenvalue weighted by Gasteiger charge is -2.27. The first-order valence-corrected chi connectivity index (χ1v) is 9.62. The van der Waals surface area contributed by atoms with Crippen LogP contribution in [0.5, 0.6) is 0 Å². The minimum absolute atomic E-state index is 0.0903. The molecule has 0 aliphatic carbocycles. The minimum atomic E-state index is -0.189. The summed E-state index contributed by atoms with van der Waals surface area (Å²) in [5.41, 5.74) is 3.46. The Morgan fingerprint density at radius 1 is 1.04 bits per heavy atom. The third kappa shape index (κ3) is 3.44. The SMILES string of the molecule is CC(C)c1cccc(C(C)C)c1N1CC(C(=O)N2CCCC2)CC1=O. The van der Waals surface area contributed by atoms with Crippen LogP contribution in [0.25, 0.3) is 0 Å². The van der Waals surface area contributed by atoms with Crippen molar-refractivity contribution in [1.29, 1.82) is 0 Å². The highest BCUT2D eigenvalue weighted by atomic mass is 16.2. The zero-order valence-electron chi connectivity index (χ0n) is 15.9. The van der Waals surface area contributed by atoms with Crippen LogP contribution < -0.4 is 4.90 Å². The standard InChI is InChI=1S/C21H30N2O2/c1-14(2)17-8-7-9-18(15(3)4)20(17)23-13-16(12-19(23)24)21(25)22-10-5-6-11-22/h7-9,14-16H,5-6,10-13H2,1-4H3. The normalized spacial score (nSPS) is 21.0. The number of rotatable bonds is 4. The first kappa shape index (κ1) is 18.0. The molecule has 2 aliphatic rings. The maximum absolute atomic E-state index is 12.8. The van der Waals surface area contributed by atoms with E-state index in [1.54, 1.807) is 0 Å². The molecule has 0 saturated carbocycles. The third-order valence-electron chi connectivity index (χ3n) is 5.50. The van der Waals surface area contributed by atoms with Crippen molar-refractivity contribution in [2.24, 2.45) is 5.92 Å². The Hall–Kier alpha value is -1.84. The average molecular weight is 342 g/mol. The number of carbonyl (C=O) groups excluding carboxylic acids is 2. The average Bonchev–Trinajstić information content (AvgIpc) is 3.23. The molecular formula is C21H30N2O2. The molecule has 4 heteroatoms. The quantitative estimate of drug-likeness (QED) is 0.832. The minimum Gasteiger partial charge on any atom is -0.342 e. The Balaban J connectivity index is 1.91. The molecule has 136 valence electrons. The van der Waals surface area contributed by atoms with Crippen molar-refractivity contribution in [3.63, 3.8) is 0 Å². The Bertz CT molecular complexity index is 634. The zero-order chi connectivity index (χ0) is 18.1. The van der Waals surface area contributed by atoms with Crippen LogP contribution >= 0.6 is 0 Å². The summed E-state index contributed by atoms with van der Waals surface area (Å²) in [5.74, 6) is 0.754. The predicted octanol–water partition coefficient (Wildman–Crippen LogP) is 3.91. The van der Waals surface area contributed by atoms with E-state index in [1.807, 2.05) is 9.80 Å². The molecule has 3 rings (SSSR count). The van der Waals surface area contributed by atoms with E-state index in [-0.39, 0.29) is 17.7 Å². The first-order chi connectivity index (χ1) is 11.9. The van der Waals surface area contributed by atoms with Crippen LogP contribution in [-0.2, 0) is 9.59 Å². The second kappa shape index (κ2) is 7.19. The van der Waals surface area contributed by atoms with Crippen LogP contribution in [-0.4, -0.2) is 36.3 Å². The van der Waals surface area contributed by atoms with Gasteiger partial charge < -0.3 is 9.80 Å². The van der Waals surface area contributed by atoms with E-state index in [0.717, 1.165) is 31.6 Å². The van der Waals surface area contributed by atoms with Crippen molar-refractivity contribution >= 4 is 17.5 Å². The van der Waals surface area contributed by atoms with Gasteiger partial charge >= 0.3 is 0 Å². The lowest BCUT2D eigenvalue weighted by atomic mass is 9.92. The molecule has 2 aliphatic heterocycles. The molecule has 2 saturated heterocycles. The molecule has 0 radical (unpaired) electrons. The van der Waals surface area contributed by atoms with Crippen LogP contribution in [0.2, 0.25) is 0 Å². The Labute approximate surface area is 151 Å². The molecule has 1 atom stereocenters. The highest BCUT2D eigenvalue weighted by Gasteiger charge is 2.39. The van der Waals surface area contributed by atoms with Gasteiger partial charge in [-0.2, -0.15) is 0 Å². The summed E-state index contributed by atoms with van der Waals surface area (Å²) < 4.78 is 0. The number of likely N-dealkylation sites (tertiary alicyclic amines) is 1. The van der Waals surface area contributed by atoms with Crippen LogP contribution in [0, 0.1) is 5.92 Å². The Morgan fingerprint density at radius 2 is 1.60 bits per heavy atom. The van der Waals surface area contributed by atoms with E-state index in [9.17, 15) is 9.59 Å². The van der Waals surface area contributed by atoms with Gasteiger partial charge in [0.25, 0.3) is 0 Å². The molecule has 2 amide bonds. The van der Waals surface area contributed by atoms with Crippen molar-refractivity contribution < 1.29 is 9.59 Å². The van der Waals surface area contributed by atoms with E-state index in [2.05, 4.69) is 45.9 Å². The summed E-state index contributed by atoms with van der Waals surface area (Å²) in [7, 11) is 0. The van der Waals surface area contributed by atoms with Gasteiger partial charge in [-0.05, 0) is 35.8 Å². The molecule has 1 aromatic rings. The fraction of sp³-hybridized carbons (Fsp3) is 0.619. The van der Waals surface area contributed by atoms with Crippen molar-refractivity contribution in [1.82, 2.24) is 4.90 Å². The number of hydrogen-bond acceptors (Lipinski definition) is 2. The van der Waals surface area contributed by atoms with Gasteiger partial charge in [-0.3, -0.25) is 9.59 Å². The number of amides is 2. The maximum atomic E-state index is 12.8. The molecule has 4 nitrogen and oxygen atoms in total. The van der Waals surface area contributed by atoms with Crippen LogP contribution in [0.4, 0.5) is 5.69 Å². The number of carbonyl (C=O) groups is 2. The molecule has 25 heavy (non-hydrogen) atoms. The summed E-state index contributed by atoms with van der Waals surface area (Å²) in [6.07, 6.45) is 2.52. The van der Waals surface area contributed by atoms with Crippen LogP contribution in [0.1, 0.15) is 69.9 Å². The van der Waals surface area contributed by atoms with Crippen molar-refractivity contribution in [2.45, 2.75) is 58.8 Å². The number of para-hydroxylation sites is 1. The fourth-order valence-electron chi connectivity index (χ4n) is 4.11. The second-order valence-electron chi connectivity index (χ2n) is 8.03. The van der Waals surface area contributed by atoms with Crippen LogP contribution in [0.3, 0.4) is 0 Å². The summed E-state index contributed by atoms with van der Waals surface area (Å²) in [6, 6.07) is 6.32. The highest BCUT2D eigenvalue weighted by Crippen LogP contribution is 2.38. The van der Waals surface area contributed by atoms with Gasteiger partial charge in [0.05, 0.1) is 11.6 Å². The smallest absolute Gasteiger partial charge is 0.228 e. The molecular weight excluding hydrogens is 312 g/mol. The summed E-state index contributed by atoms with van der Waals surface area (Å²) in [6.45, 7) is 10.9. The molecule has 1 unspecified atom stereocenters. The van der Waals surface area contributed by atoms with Gasteiger partial charge in [0.1, 0.15) is 0 Å². The van der Waals surface area contributed by atoms with E-state index >= 15 is 0 Å². The monoisotopic (exact) mass is 342 g/mol. The molecule has 0 bridgehead atoms. The molecule has 0 aromatic heterocycles. The Morgan fingerprint density at radius 3 is 2.12 bits per heavy atom. The topological polar surface area (TPSA) is 40.6 Å². The van der Waals surface area contributed by atoms with Gasteiger partial charge in [0, 0.05) is 26.1 Å². The summed E-state index contributed by atoms with van der Waals surface area (Å²) >= 11 is 0. The lowest BCUT2D eigenvalue weighted by molar-refractivity contribution is -0.134. The molecule has 1 aromatic carbocycles. The van der Waals surface area contributed by atoms with Gasteiger partial charge in [-0.1, -0.05) is 45.9 Å². The van der Waals surface area contributed by atoms with E-state index in [1.165, 1.54) is 11.1 Å². The Kier molecular flexibility index (Phi) is 5.16. The van der Waals surface area contributed by atoms with E-state index in [4.69, 9.17) is 0 Å². The van der Waals surface area contributed by atoms with Gasteiger partial charge in [-0.25, -0.2) is 0 Å². The van der Waals surface area contributed by atoms with Crippen LogP contribution in [0.15, 0.2) is 18.2 Å². The van der Waals surface area contributed by atoms with Crippen molar-refractivity contribution in [2.75, 3.05) is 24.5 Å². The second-order valence-corrected chi connectivity index (χ2v) is 8.03. The third-order valence-corrected chi connectivity index (χ3v) is 5.50. The summed E-state index contributed by atoms with van der Waals surface area (Å²) in [4.78, 5) is 29.4. The van der Waals surface area contributed by atoms with Crippen molar-refractivity contribution in [3.05, 3.63) is 29.3 Å². The fourth-order valence-corrected chi connectivity index (χ4v) is 4.11. The number of benzene rings is 1. The molecule has 0 N–H and O–H groups in total. The van der Waals surface area contributed by atoms with Gasteiger partial charge in [-0.15, -0.1) is 0 Å². The van der Waals surface area contributed by atoms with Gasteiger partial charge in [0.15, 0.2) is 0 Å². The molecule has 2 fully saturated rings. The van der Waals surface area contributed by atoms with Crippen molar-refractivity contribution in [3.8, 4) is 0 Å². The summed E-state index contributed by atoms with van der Waals surface area (Å²) in [5, 5.41) is 0. The van der Waals surface area contributed by atoms with E-state index < -0.39 is 0 Å². The maximum Gasteiger partial charge on any atom is 0.228 e. The highest BCUT2D eigenvalue weighted by molar-refractivity contribution is 6.01. The number of anilines is 1. The number of nitrogens with zero attached hydrogens (tertiary/aromatic N) is 2. The molecule has 2 heterocycles. The lowest BCUT2D eigenvalue weighted by Crippen LogP contribution is -2.35. The predicted molar refractivity (Wildman–Crippen MR) is 101 cm³/mol. The zero-order valence-corrected chi connectivity index (χ0v) is 15.9. The van der Waals surface area contributed by atoms with E-state index in [0.29, 0.717) is 24.8 Å². The first-order valence-electron chi connectivity index (χ1n) is 9.62. The largest absolute Gasteiger partial charge is 0.342 e. The number of hydrogen-bond donors (Lipinski definition) is 0. The van der Waals surface area contributed by atoms with Gasteiger partial charge in [0.2, 0.25) is 11.8 Å². The molecule has 0 spiro atoms.